The SMILES string of the molecule is COc1c(F)cc(F)cc1C(=O)C(Br)CBr. The number of carbonyl (C=O) groups is 1. The normalized spacial score (nSPS) is 12.3. The second-order valence-corrected chi connectivity index (χ2v) is 4.71. The van der Waals surface area contributed by atoms with Gasteiger partial charge in [0.25, 0.3) is 0 Å². The van der Waals surface area contributed by atoms with E-state index in [4.69, 9.17) is 4.74 Å². The highest BCUT2D eigenvalue weighted by molar-refractivity contribution is 9.12. The standard InChI is InChI=1S/C10H8Br2F2O2/c1-16-10-6(9(15)7(12)4-11)2-5(13)3-8(10)14/h2-3,7H,4H2,1H3. The zero-order valence-electron chi connectivity index (χ0n) is 8.27. The molecule has 1 aromatic rings. The molecule has 1 atom stereocenters. The number of ether oxygens (including phenoxy) is 1. The molecule has 1 rings (SSSR count). The monoisotopic (exact) mass is 356 g/mol. The minimum Gasteiger partial charge on any atom is -0.493 e. The van der Waals surface area contributed by atoms with Crippen LogP contribution in [0, 0.1) is 11.6 Å². The van der Waals surface area contributed by atoms with E-state index in [1.165, 1.54) is 7.11 Å². The molecule has 0 fully saturated rings. The fourth-order valence-corrected chi connectivity index (χ4v) is 1.73. The maximum atomic E-state index is 13.3. The summed E-state index contributed by atoms with van der Waals surface area (Å²) in [5.74, 6) is -2.38. The van der Waals surface area contributed by atoms with Crippen molar-refractivity contribution < 1.29 is 18.3 Å². The molecule has 0 saturated heterocycles. The van der Waals surface area contributed by atoms with Gasteiger partial charge in [-0.05, 0) is 6.07 Å². The average Bonchev–Trinajstić information content (AvgIpc) is 2.26. The number of methoxy groups -OCH3 is 1. The molecule has 1 aromatic carbocycles. The number of halogens is 4. The molecule has 0 aliphatic carbocycles. The first kappa shape index (κ1) is 13.6. The first-order valence-corrected chi connectivity index (χ1v) is 6.32. The van der Waals surface area contributed by atoms with E-state index in [2.05, 4.69) is 31.9 Å². The van der Waals surface area contributed by atoms with Crippen LogP contribution in [0.15, 0.2) is 12.1 Å². The first-order chi connectivity index (χ1) is 7.51. The number of ketones is 1. The third-order valence-electron chi connectivity index (χ3n) is 1.90. The van der Waals surface area contributed by atoms with Crippen LogP contribution in [0.1, 0.15) is 10.4 Å². The van der Waals surface area contributed by atoms with Crippen LogP contribution < -0.4 is 4.74 Å². The van der Waals surface area contributed by atoms with Crippen molar-refractivity contribution in [3.8, 4) is 5.75 Å². The van der Waals surface area contributed by atoms with Crippen molar-refractivity contribution in [3.05, 3.63) is 29.3 Å². The zero-order chi connectivity index (χ0) is 12.3. The number of rotatable bonds is 4. The lowest BCUT2D eigenvalue weighted by atomic mass is 10.1. The molecule has 2 nitrogen and oxygen atoms in total. The van der Waals surface area contributed by atoms with E-state index >= 15 is 0 Å². The summed E-state index contributed by atoms with van der Waals surface area (Å²) in [7, 11) is 1.23. The Morgan fingerprint density at radius 2 is 2.12 bits per heavy atom. The van der Waals surface area contributed by atoms with Gasteiger partial charge in [-0.25, -0.2) is 8.78 Å². The molecule has 0 aromatic heterocycles. The first-order valence-electron chi connectivity index (χ1n) is 4.28. The van der Waals surface area contributed by atoms with Crippen LogP contribution in [0.2, 0.25) is 0 Å². The molecule has 0 saturated carbocycles. The van der Waals surface area contributed by atoms with Crippen molar-refractivity contribution in [3.63, 3.8) is 0 Å². The Morgan fingerprint density at radius 3 is 2.62 bits per heavy atom. The van der Waals surface area contributed by atoms with Crippen LogP contribution in [-0.2, 0) is 0 Å². The Balaban J connectivity index is 3.26. The molecule has 16 heavy (non-hydrogen) atoms. The summed E-state index contributed by atoms with van der Waals surface area (Å²) < 4.78 is 31.0. The van der Waals surface area contributed by atoms with Crippen LogP contribution >= 0.6 is 31.9 Å². The van der Waals surface area contributed by atoms with Crippen molar-refractivity contribution in [1.82, 2.24) is 0 Å². The minimum absolute atomic E-state index is 0.110. The smallest absolute Gasteiger partial charge is 0.181 e. The second-order valence-electron chi connectivity index (χ2n) is 2.95. The topological polar surface area (TPSA) is 26.3 Å². The summed E-state index contributed by atoms with van der Waals surface area (Å²) in [5, 5.41) is 0.340. The molecule has 0 N–H and O–H groups in total. The Morgan fingerprint density at radius 1 is 1.50 bits per heavy atom. The third-order valence-corrected chi connectivity index (χ3v) is 4.15. The van der Waals surface area contributed by atoms with Gasteiger partial charge in [0.1, 0.15) is 5.82 Å². The molecule has 0 amide bonds. The van der Waals surface area contributed by atoms with E-state index < -0.39 is 22.2 Å². The van der Waals surface area contributed by atoms with Crippen molar-refractivity contribution in [1.29, 1.82) is 0 Å². The van der Waals surface area contributed by atoms with E-state index in [1.807, 2.05) is 0 Å². The molecular weight excluding hydrogens is 350 g/mol. The van der Waals surface area contributed by atoms with E-state index in [0.717, 1.165) is 6.07 Å². The number of benzene rings is 1. The van der Waals surface area contributed by atoms with Gasteiger partial charge >= 0.3 is 0 Å². The molecule has 6 heteroatoms. The fourth-order valence-electron chi connectivity index (χ4n) is 1.19. The second kappa shape index (κ2) is 5.72. The van der Waals surface area contributed by atoms with Crippen LogP contribution in [0.3, 0.4) is 0 Å². The van der Waals surface area contributed by atoms with Gasteiger partial charge < -0.3 is 4.74 Å². The highest BCUT2D eigenvalue weighted by Crippen LogP contribution is 2.26. The predicted octanol–water partition coefficient (Wildman–Crippen LogP) is 3.31. The quantitative estimate of drug-likeness (QED) is 0.610. The Kier molecular flexibility index (Phi) is 4.86. The van der Waals surface area contributed by atoms with Crippen LogP contribution in [0.25, 0.3) is 0 Å². The molecule has 0 bridgehead atoms. The van der Waals surface area contributed by atoms with E-state index in [-0.39, 0.29) is 11.3 Å². The number of Topliss-reactive ketones (excluding diaryl/α,β-unsaturated/α-hetero) is 1. The van der Waals surface area contributed by atoms with Crippen molar-refractivity contribution in [2.75, 3.05) is 12.4 Å². The number of hydrogen-bond acceptors (Lipinski definition) is 2. The lowest BCUT2D eigenvalue weighted by Crippen LogP contribution is -2.17. The Labute approximate surface area is 108 Å². The van der Waals surface area contributed by atoms with Crippen LogP contribution in [0.4, 0.5) is 8.78 Å². The van der Waals surface area contributed by atoms with Gasteiger partial charge in [-0.1, -0.05) is 31.9 Å². The Hall–Kier alpha value is -0.490. The van der Waals surface area contributed by atoms with E-state index in [9.17, 15) is 13.6 Å². The Bertz CT molecular complexity index is 410. The molecule has 0 spiro atoms. The molecule has 0 aliphatic heterocycles. The van der Waals surface area contributed by atoms with Crippen molar-refractivity contribution in [2.24, 2.45) is 0 Å². The molecule has 0 heterocycles. The highest BCUT2D eigenvalue weighted by atomic mass is 79.9. The van der Waals surface area contributed by atoms with Crippen LogP contribution in [-0.4, -0.2) is 23.1 Å². The van der Waals surface area contributed by atoms with Gasteiger partial charge in [0, 0.05) is 11.4 Å². The lowest BCUT2D eigenvalue weighted by Gasteiger charge is -2.10. The average molecular weight is 358 g/mol. The predicted molar refractivity (Wildman–Crippen MR) is 63.7 cm³/mol. The van der Waals surface area contributed by atoms with E-state index in [0.29, 0.717) is 11.4 Å². The maximum Gasteiger partial charge on any atom is 0.181 e. The fraction of sp³-hybridized carbons (Fsp3) is 0.300. The van der Waals surface area contributed by atoms with E-state index in [1.54, 1.807) is 0 Å². The minimum atomic E-state index is -0.889. The van der Waals surface area contributed by atoms with Crippen LogP contribution in [0.5, 0.6) is 5.75 Å². The molecule has 1 unspecified atom stereocenters. The molecule has 0 aliphatic rings. The summed E-state index contributed by atoms with van der Waals surface area (Å²) in [5.41, 5.74) is -0.110. The van der Waals surface area contributed by atoms with Gasteiger partial charge in [-0.15, -0.1) is 0 Å². The molecule has 0 radical (unpaired) electrons. The van der Waals surface area contributed by atoms with Crippen molar-refractivity contribution >= 4 is 37.6 Å². The number of hydrogen-bond donors (Lipinski definition) is 0. The van der Waals surface area contributed by atoms with Crippen molar-refractivity contribution in [2.45, 2.75) is 4.83 Å². The summed E-state index contributed by atoms with van der Waals surface area (Å²) in [4.78, 5) is 11.2. The van der Waals surface area contributed by atoms with Gasteiger partial charge in [0.05, 0.1) is 17.5 Å². The van der Waals surface area contributed by atoms with Gasteiger partial charge in [0.2, 0.25) is 0 Å². The lowest BCUT2D eigenvalue weighted by molar-refractivity contribution is 0.0993. The van der Waals surface area contributed by atoms with Gasteiger partial charge in [0.15, 0.2) is 17.3 Å². The molecule has 88 valence electrons. The summed E-state index contributed by atoms with van der Waals surface area (Å²) in [6.07, 6.45) is 0. The zero-order valence-corrected chi connectivity index (χ0v) is 11.4. The van der Waals surface area contributed by atoms with Gasteiger partial charge in [-0.3, -0.25) is 4.79 Å². The maximum absolute atomic E-state index is 13.3. The third kappa shape index (κ3) is 2.79. The summed E-state index contributed by atoms with van der Waals surface area (Å²) in [6, 6.07) is 1.63. The summed E-state index contributed by atoms with van der Waals surface area (Å²) in [6.45, 7) is 0. The molecular formula is C10H8Br2F2O2. The number of carbonyl (C=O) groups excluding carboxylic acids is 1. The largest absolute Gasteiger partial charge is 0.493 e. The number of alkyl halides is 2. The van der Waals surface area contributed by atoms with Gasteiger partial charge in [-0.2, -0.15) is 0 Å². The summed E-state index contributed by atoms with van der Waals surface area (Å²) >= 11 is 6.19. The highest BCUT2D eigenvalue weighted by Gasteiger charge is 2.23.